The van der Waals surface area contributed by atoms with E-state index in [1.807, 2.05) is 0 Å². The van der Waals surface area contributed by atoms with Gasteiger partial charge in [0.15, 0.2) is 0 Å². The van der Waals surface area contributed by atoms with Gasteiger partial charge in [0, 0.05) is 10.8 Å². The fourth-order valence-electron chi connectivity index (χ4n) is 10.0. The van der Waals surface area contributed by atoms with Crippen LogP contribution in [0.25, 0.3) is 0 Å². The maximum absolute atomic E-state index is 11.7. The van der Waals surface area contributed by atoms with Crippen molar-refractivity contribution in [1.82, 2.24) is 0 Å². The fraction of sp³-hybridized carbons (Fsp3) is 0.867. The van der Waals surface area contributed by atoms with Crippen LogP contribution in [0.2, 0.25) is 0 Å². The Morgan fingerprint density at radius 3 is 2.18 bits per heavy atom. The van der Waals surface area contributed by atoms with Gasteiger partial charge in [-0.1, -0.05) is 66.2 Å². The molecule has 0 radical (unpaired) electrons. The van der Waals surface area contributed by atoms with Gasteiger partial charge in [0.25, 0.3) is 0 Å². The third kappa shape index (κ3) is 2.80. The molecule has 192 valence electrons. The highest BCUT2D eigenvalue weighted by Gasteiger charge is 2.68. The topological polar surface area (TPSA) is 80.9 Å². The number of rotatable bonds is 1. The van der Waals surface area contributed by atoms with Crippen molar-refractivity contribution in [3.05, 3.63) is 23.3 Å². The van der Waals surface area contributed by atoms with Gasteiger partial charge >= 0.3 is 0 Å². The van der Waals surface area contributed by atoms with E-state index in [0.29, 0.717) is 31.1 Å². The summed E-state index contributed by atoms with van der Waals surface area (Å²) in [7, 11) is 0. The van der Waals surface area contributed by atoms with Gasteiger partial charge in [0.05, 0.1) is 24.9 Å². The Hall–Kier alpha value is -0.680. The predicted octanol–water partition coefficient (Wildman–Crippen LogP) is 5.00. The lowest BCUT2D eigenvalue weighted by molar-refractivity contribution is -0.191. The van der Waals surface area contributed by atoms with Crippen molar-refractivity contribution in [2.45, 2.75) is 112 Å². The minimum atomic E-state index is -0.741. The Balaban J connectivity index is 1.69. The van der Waals surface area contributed by atoms with Gasteiger partial charge in [-0.05, 0) is 84.0 Å². The zero-order valence-electron chi connectivity index (χ0n) is 22.5. The summed E-state index contributed by atoms with van der Waals surface area (Å²) in [6, 6.07) is 0. The number of fused-ring (bicyclic) bond motifs is 6. The average Bonchev–Trinajstić information content (AvgIpc) is 2.73. The van der Waals surface area contributed by atoms with Gasteiger partial charge in [0.2, 0.25) is 0 Å². The number of hydrogen-bond donors (Lipinski definition) is 4. The molecule has 3 saturated carbocycles. The van der Waals surface area contributed by atoms with Crippen LogP contribution in [-0.4, -0.2) is 45.3 Å². The molecule has 4 heteroatoms. The van der Waals surface area contributed by atoms with Crippen molar-refractivity contribution in [3.63, 3.8) is 0 Å². The van der Waals surface area contributed by atoms with Crippen molar-refractivity contribution in [2.24, 2.45) is 44.3 Å². The lowest BCUT2D eigenvalue weighted by Gasteiger charge is -2.70. The SMILES string of the molecule is CC1(C)CC2=C3C=CC4C5(C)CCC(O)C(C)(C)C5CCC4(C)C3(C)CC(O)C2(CO)CC1O. The van der Waals surface area contributed by atoms with E-state index in [9.17, 15) is 20.4 Å². The number of aliphatic hydroxyl groups excluding tert-OH is 4. The molecule has 5 rings (SSSR count). The molecule has 0 aromatic rings. The van der Waals surface area contributed by atoms with Gasteiger partial charge in [-0.3, -0.25) is 0 Å². The first-order chi connectivity index (χ1) is 15.6. The molecule has 9 unspecified atom stereocenters. The third-order valence-electron chi connectivity index (χ3n) is 12.7. The van der Waals surface area contributed by atoms with Gasteiger partial charge in [-0.25, -0.2) is 0 Å². The standard InChI is InChI=1S/C30H48O4/c1-25(2)14-19-18-8-9-21-27(5)12-11-22(32)26(3,4)20(27)10-13-28(21,6)29(18,7)15-24(34)30(19,17-31)16-23(25)33/h8-9,20-24,31-34H,10-17H2,1-7H3. The van der Waals surface area contributed by atoms with Gasteiger partial charge in [-0.2, -0.15) is 0 Å². The van der Waals surface area contributed by atoms with Gasteiger partial charge in [-0.15, -0.1) is 0 Å². The van der Waals surface area contributed by atoms with E-state index < -0.39 is 17.6 Å². The molecule has 0 bridgehead atoms. The molecule has 4 N–H and O–H groups in total. The lowest BCUT2D eigenvalue weighted by atomic mass is 9.35. The molecule has 3 fully saturated rings. The van der Waals surface area contributed by atoms with Crippen LogP contribution in [0.1, 0.15) is 93.4 Å². The second kappa shape index (κ2) is 7.21. The molecule has 5 aliphatic rings. The summed E-state index contributed by atoms with van der Waals surface area (Å²) in [5, 5.41) is 44.1. The van der Waals surface area contributed by atoms with E-state index in [0.717, 1.165) is 25.7 Å². The Morgan fingerprint density at radius 2 is 1.53 bits per heavy atom. The van der Waals surface area contributed by atoms with E-state index in [1.165, 1.54) is 11.1 Å². The molecule has 0 aromatic carbocycles. The summed E-state index contributed by atoms with van der Waals surface area (Å²) in [5.74, 6) is 0.856. The van der Waals surface area contributed by atoms with Crippen LogP contribution >= 0.6 is 0 Å². The second-order valence-electron chi connectivity index (χ2n) is 14.9. The van der Waals surface area contributed by atoms with Gasteiger partial charge < -0.3 is 20.4 Å². The molecule has 0 heterocycles. The molecule has 4 nitrogen and oxygen atoms in total. The first-order valence-corrected chi connectivity index (χ1v) is 13.7. The van der Waals surface area contributed by atoms with E-state index in [1.54, 1.807) is 0 Å². The molecular weight excluding hydrogens is 424 g/mol. The molecule has 0 saturated heterocycles. The van der Waals surface area contributed by atoms with E-state index in [-0.39, 0.29) is 39.8 Å². The predicted molar refractivity (Wildman–Crippen MR) is 135 cm³/mol. The maximum atomic E-state index is 11.7. The Labute approximate surface area is 206 Å². The Kier molecular flexibility index (Phi) is 5.30. The van der Waals surface area contributed by atoms with Crippen LogP contribution < -0.4 is 0 Å². The normalized spacial score (nSPS) is 53.4. The van der Waals surface area contributed by atoms with E-state index >= 15 is 0 Å². The van der Waals surface area contributed by atoms with Crippen LogP contribution in [-0.2, 0) is 0 Å². The smallest absolute Gasteiger partial charge is 0.0665 e. The molecule has 0 amide bonds. The van der Waals surface area contributed by atoms with Crippen LogP contribution in [0.4, 0.5) is 0 Å². The van der Waals surface area contributed by atoms with Crippen LogP contribution in [0.5, 0.6) is 0 Å². The Morgan fingerprint density at radius 1 is 0.853 bits per heavy atom. The molecular formula is C30H48O4. The summed E-state index contributed by atoms with van der Waals surface area (Å²) < 4.78 is 0. The first-order valence-electron chi connectivity index (χ1n) is 13.7. The lowest BCUT2D eigenvalue weighted by Crippen LogP contribution is -2.65. The van der Waals surface area contributed by atoms with E-state index in [4.69, 9.17) is 0 Å². The zero-order chi connectivity index (χ0) is 25.1. The number of allylic oxidation sites excluding steroid dienone is 3. The fourth-order valence-corrected chi connectivity index (χ4v) is 10.0. The minimum absolute atomic E-state index is 0.00346. The summed E-state index contributed by atoms with van der Waals surface area (Å²) in [6.07, 6.45) is 9.23. The average molecular weight is 473 g/mol. The Bertz CT molecular complexity index is 932. The van der Waals surface area contributed by atoms with Crippen molar-refractivity contribution in [1.29, 1.82) is 0 Å². The highest BCUT2D eigenvalue weighted by Crippen LogP contribution is 2.74. The van der Waals surface area contributed by atoms with E-state index in [2.05, 4.69) is 60.6 Å². The first kappa shape index (κ1) is 25.0. The molecule has 0 aromatic heterocycles. The van der Waals surface area contributed by atoms with Crippen LogP contribution in [0.3, 0.4) is 0 Å². The van der Waals surface area contributed by atoms with Crippen molar-refractivity contribution in [3.8, 4) is 0 Å². The third-order valence-corrected chi connectivity index (χ3v) is 12.7. The van der Waals surface area contributed by atoms with Crippen LogP contribution in [0, 0.1) is 44.3 Å². The molecule has 34 heavy (non-hydrogen) atoms. The summed E-state index contributed by atoms with van der Waals surface area (Å²) in [4.78, 5) is 0. The zero-order valence-corrected chi connectivity index (χ0v) is 22.5. The van der Waals surface area contributed by atoms with Crippen molar-refractivity contribution < 1.29 is 20.4 Å². The molecule has 5 aliphatic carbocycles. The summed E-state index contributed by atoms with van der Waals surface area (Å²) in [6.45, 7) is 15.9. The highest BCUT2D eigenvalue weighted by atomic mass is 16.3. The summed E-state index contributed by atoms with van der Waals surface area (Å²) in [5.41, 5.74) is 1.32. The van der Waals surface area contributed by atoms with Gasteiger partial charge in [0.1, 0.15) is 0 Å². The van der Waals surface area contributed by atoms with Crippen molar-refractivity contribution in [2.75, 3.05) is 6.61 Å². The number of aliphatic hydroxyl groups is 4. The molecule has 9 atom stereocenters. The minimum Gasteiger partial charge on any atom is -0.395 e. The maximum Gasteiger partial charge on any atom is 0.0665 e. The molecule has 0 spiro atoms. The summed E-state index contributed by atoms with van der Waals surface area (Å²) >= 11 is 0. The number of hydrogen-bond acceptors (Lipinski definition) is 4. The largest absolute Gasteiger partial charge is 0.395 e. The van der Waals surface area contributed by atoms with Crippen molar-refractivity contribution >= 4 is 0 Å². The van der Waals surface area contributed by atoms with Crippen LogP contribution in [0.15, 0.2) is 23.3 Å². The highest BCUT2D eigenvalue weighted by molar-refractivity contribution is 5.47. The second-order valence-corrected chi connectivity index (χ2v) is 14.9. The quantitative estimate of drug-likeness (QED) is 0.433. The molecule has 0 aliphatic heterocycles. The monoisotopic (exact) mass is 472 g/mol.